The zero-order valence-corrected chi connectivity index (χ0v) is 9.41. The third kappa shape index (κ3) is 3.95. The minimum atomic E-state index is -0.156. The molecule has 0 bridgehead atoms. The van der Waals surface area contributed by atoms with Crippen LogP contribution in [0.25, 0.3) is 0 Å². The van der Waals surface area contributed by atoms with Crippen LogP contribution in [0.4, 0.5) is 0 Å². The van der Waals surface area contributed by atoms with Crippen molar-refractivity contribution in [2.45, 2.75) is 32.8 Å². The first-order valence-electron chi connectivity index (χ1n) is 5.72. The lowest BCUT2D eigenvalue weighted by Gasteiger charge is -2.17. The molecule has 3 nitrogen and oxygen atoms in total. The van der Waals surface area contributed by atoms with E-state index >= 15 is 0 Å². The number of nitrogens with zero attached hydrogens (tertiary/aromatic N) is 1. The van der Waals surface area contributed by atoms with Crippen molar-refractivity contribution in [1.29, 1.82) is 0 Å². The average Bonchev–Trinajstić information content (AvgIpc) is 2.61. The molecule has 1 heterocycles. The van der Waals surface area contributed by atoms with E-state index in [-0.39, 0.29) is 6.10 Å². The molecule has 0 aromatic heterocycles. The van der Waals surface area contributed by atoms with Crippen molar-refractivity contribution < 1.29 is 9.84 Å². The van der Waals surface area contributed by atoms with Crippen LogP contribution >= 0.6 is 0 Å². The molecule has 3 heteroatoms. The van der Waals surface area contributed by atoms with E-state index in [9.17, 15) is 5.11 Å². The minimum Gasteiger partial charge on any atom is -0.393 e. The molecule has 1 aliphatic rings. The highest BCUT2D eigenvalue weighted by atomic mass is 16.5. The standard InChI is InChI=1S/C11H23NO2/c1-3-7-14-8-6-12-5-4-11(9-12)10(2)13/h10-11,13H,3-9H2,1-2H3. The Kier molecular flexibility index (Phi) is 5.45. The Balaban J connectivity index is 2.04. The maximum Gasteiger partial charge on any atom is 0.0593 e. The average molecular weight is 201 g/mol. The quantitative estimate of drug-likeness (QED) is 0.654. The van der Waals surface area contributed by atoms with Crippen molar-refractivity contribution >= 4 is 0 Å². The molecule has 0 saturated carbocycles. The first-order chi connectivity index (χ1) is 6.74. The molecular weight excluding hydrogens is 178 g/mol. The molecule has 0 aromatic rings. The van der Waals surface area contributed by atoms with Gasteiger partial charge in [-0.05, 0) is 32.2 Å². The van der Waals surface area contributed by atoms with Gasteiger partial charge in [-0.3, -0.25) is 0 Å². The predicted octanol–water partition coefficient (Wildman–Crippen LogP) is 1.12. The third-order valence-corrected chi connectivity index (χ3v) is 2.89. The van der Waals surface area contributed by atoms with E-state index in [0.29, 0.717) is 5.92 Å². The number of rotatable bonds is 6. The fourth-order valence-corrected chi connectivity index (χ4v) is 1.90. The molecule has 0 amide bonds. The van der Waals surface area contributed by atoms with Crippen LogP contribution in [0.3, 0.4) is 0 Å². The Bertz CT molecular complexity index is 150. The molecule has 84 valence electrons. The van der Waals surface area contributed by atoms with Crippen LogP contribution in [0.2, 0.25) is 0 Å². The van der Waals surface area contributed by atoms with Crippen LogP contribution in [0.5, 0.6) is 0 Å². The number of hydrogen-bond acceptors (Lipinski definition) is 3. The molecule has 0 aliphatic carbocycles. The van der Waals surface area contributed by atoms with Gasteiger partial charge in [0.15, 0.2) is 0 Å². The molecule has 1 saturated heterocycles. The van der Waals surface area contributed by atoms with Gasteiger partial charge in [0, 0.05) is 19.7 Å². The fraction of sp³-hybridized carbons (Fsp3) is 1.00. The van der Waals surface area contributed by atoms with Crippen molar-refractivity contribution in [3.05, 3.63) is 0 Å². The molecule has 1 aliphatic heterocycles. The van der Waals surface area contributed by atoms with Gasteiger partial charge in [-0.1, -0.05) is 6.92 Å². The normalized spacial score (nSPS) is 25.5. The first-order valence-corrected chi connectivity index (χ1v) is 5.72. The van der Waals surface area contributed by atoms with Gasteiger partial charge in [0.2, 0.25) is 0 Å². The fourth-order valence-electron chi connectivity index (χ4n) is 1.90. The Morgan fingerprint density at radius 1 is 1.50 bits per heavy atom. The van der Waals surface area contributed by atoms with Gasteiger partial charge >= 0.3 is 0 Å². The summed E-state index contributed by atoms with van der Waals surface area (Å²) in [5, 5.41) is 9.42. The van der Waals surface area contributed by atoms with Gasteiger partial charge < -0.3 is 14.7 Å². The number of aliphatic hydroxyl groups excluding tert-OH is 1. The summed E-state index contributed by atoms with van der Waals surface area (Å²) >= 11 is 0. The van der Waals surface area contributed by atoms with Crippen LogP contribution in [0.1, 0.15) is 26.7 Å². The van der Waals surface area contributed by atoms with Gasteiger partial charge in [0.05, 0.1) is 12.7 Å². The van der Waals surface area contributed by atoms with Crippen LogP contribution in [0, 0.1) is 5.92 Å². The third-order valence-electron chi connectivity index (χ3n) is 2.89. The van der Waals surface area contributed by atoms with Crippen molar-refractivity contribution in [1.82, 2.24) is 4.90 Å². The number of hydrogen-bond donors (Lipinski definition) is 1. The summed E-state index contributed by atoms with van der Waals surface area (Å²) in [6.45, 7) is 8.89. The molecule has 0 spiro atoms. The summed E-state index contributed by atoms with van der Waals surface area (Å²) < 4.78 is 5.44. The molecule has 2 atom stereocenters. The van der Waals surface area contributed by atoms with Gasteiger partial charge in [-0.25, -0.2) is 0 Å². The molecule has 14 heavy (non-hydrogen) atoms. The highest BCUT2D eigenvalue weighted by Gasteiger charge is 2.25. The van der Waals surface area contributed by atoms with Crippen molar-refractivity contribution in [3.8, 4) is 0 Å². The first kappa shape index (κ1) is 12.0. The summed E-state index contributed by atoms with van der Waals surface area (Å²) in [7, 11) is 0. The summed E-state index contributed by atoms with van der Waals surface area (Å²) in [5.74, 6) is 0.473. The molecule has 1 N–H and O–H groups in total. The van der Waals surface area contributed by atoms with E-state index in [2.05, 4.69) is 11.8 Å². The Morgan fingerprint density at radius 2 is 2.29 bits per heavy atom. The lowest BCUT2D eigenvalue weighted by Crippen LogP contribution is -2.27. The molecule has 2 unspecified atom stereocenters. The van der Waals surface area contributed by atoms with Crippen molar-refractivity contribution in [2.24, 2.45) is 5.92 Å². The Morgan fingerprint density at radius 3 is 2.86 bits per heavy atom. The van der Waals surface area contributed by atoms with Crippen LogP contribution in [-0.4, -0.2) is 49.0 Å². The highest BCUT2D eigenvalue weighted by Crippen LogP contribution is 2.18. The Labute approximate surface area is 87.1 Å². The second kappa shape index (κ2) is 6.38. The number of likely N-dealkylation sites (tertiary alicyclic amines) is 1. The maximum atomic E-state index is 9.42. The lowest BCUT2D eigenvalue weighted by atomic mass is 10.0. The zero-order valence-electron chi connectivity index (χ0n) is 9.41. The lowest BCUT2D eigenvalue weighted by molar-refractivity contribution is 0.100. The second-order valence-corrected chi connectivity index (χ2v) is 4.20. The topological polar surface area (TPSA) is 32.7 Å². The van der Waals surface area contributed by atoms with E-state index in [1.807, 2.05) is 6.92 Å². The Hall–Kier alpha value is -0.120. The molecule has 0 aromatic carbocycles. The molecule has 0 radical (unpaired) electrons. The van der Waals surface area contributed by atoms with Gasteiger partial charge in [-0.2, -0.15) is 0 Å². The van der Waals surface area contributed by atoms with Gasteiger partial charge in [0.25, 0.3) is 0 Å². The van der Waals surface area contributed by atoms with E-state index in [1.54, 1.807) is 0 Å². The molecule has 1 fully saturated rings. The maximum absolute atomic E-state index is 9.42. The predicted molar refractivity (Wildman–Crippen MR) is 57.3 cm³/mol. The minimum absolute atomic E-state index is 0.156. The van der Waals surface area contributed by atoms with Gasteiger partial charge in [-0.15, -0.1) is 0 Å². The number of aliphatic hydroxyl groups is 1. The molecule has 1 rings (SSSR count). The summed E-state index contributed by atoms with van der Waals surface area (Å²) in [4.78, 5) is 2.38. The SMILES string of the molecule is CCCOCCN1CCC(C(C)O)C1. The van der Waals surface area contributed by atoms with Crippen LogP contribution in [-0.2, 0) is 4.74 Å². The summed E-state index contributed by atoms with van der Waals surface area (Å²) in [5.41, 5.74) is 0. The summed E-state index contributed by atoms with van der Waals surface area (Å²) in [6.07, 6.45) is 2.07. The molecular formula is C11H23NO2. The van der Waals surface area contributed by atoms with Gasteiger partial charge in [0.1, 0.15) is 0 Å². The van der Waals surface area contributed by atoms with Crippen LogP contribution < -0.4 is 0 Å². The zero-order chi connectivity index (χ0) is 10.4. The highest BCUT2D eigenvalue weighted by molar-refractivity contribution is 4.78. The largest absolute Gasteiger partial charge is 0.393 e. The van der Waals surface area contributed by atoms with Crippen molar-refractivity contribution in [2.75, 3.05) is 32.8 Å². The monoisotopic (exact) mass is 201 g/mol. The smallest absolute Gasteiger partial charge is 0.0593 e. The second-order valence-electron chi connectivity index (χ2n) is 4.20. The van der Waals surface area contributed by atoms with Crippen LogP contribution in [0.15, 0.2) is 0 Å². The van der Waals surface area contributed by atoms with E-state index in [4.69, 9.17) is 4.74 Å². The van der Waals surface area contributed by atoms with E-state index < -0.39 is 0 Å². The summed E-state index contributed by atoms with van der Waals surface area (Å²) in [6, 6.07) is 0. The van der Waals surface area contributed by atoms with E-state index in [1.165, 1.54) is 0 Å². The van der Waals surface area contributed by atoms with E-state index in [0.717, 1.165) is 45.7 Å². The number of ether oxygens (including phenoxy) is 1. The van der Waals surface area contributed by atoms with Crippen molar-refractivity contribution in [3.63, 3.8) is 0 Å².